The van der Waals surface area contributed by atoms with Gasteiger partial charge in [-0.3, -0.25) is 0 Å². The van der Waals surface area contributed by atoms with Gasteiger partial charge in [0.05, 0.1) is 4.83 Å². The van der Waals surface area contributed by atoms with Crippen LogP contribution in [-0.4, -0.2) is 0 Å². The number of alkyl halides is 1. The third-order valence-electron chi connectivity index (χ3n) is 3.06. The third-order valence-corrected chi connectivity index (χ3v) is 7.00. The molecule has 98 valence electrons. The highest BCUT2D eigenvalue weighted by molar-refractivity contribution is 9.09. The van der Waals surface area contributed by atoms with Crippen LogP contribution in [-0.2, 0) is 0 Å². The van der Waals surface area contributed by atoms with Crippen LogP contribution < -0.4 is 0 Å². The summed E-state index contributed by atoms with van der Waals surface area (Å²) in [5.41, 5.74) is 1.31. The topological polar surface area (TPSA) is 0 Å². The lowest BCUT2D eigenvalue weighted by molar-refractivity contribution is 0.630. The van der Waals surface area contributed by atoms with Crippen molar-refractivity contribution >= 4 is 48.7 Å². The second-order valence-electron chi connectivity index (χ2n) is 4.60. The van der Waals surface area contributed by atoms with E-state index in [1.165, 1.54) is 26.3 Å². The van der Waals surface area contributed by atoms with Crippen LogP contribution in [0.4, 0.5) is 4.39 Å². The highest BCUT2D eigenvalue weighted by Crippen LogP contribution is 2.42. The van der Waals surface area contributed by atoms with Crippen molar-refractivity contribution in [3.8, 4) is 0 Å². The van der Waals surface area contributed by atoms with Gasteiger partial charge in [-0.1, -0.05) is 22.0 Å². The number of rotatable bonds is 2. The van der Waals surface area contributed by atoms with Gasteiger partial charge in [0.2, 0.25) is 0 Å². The highest BCUT2D eigenvalue weighted by atomic mass is 79.9. The number of fused-ring (bicyclic) bond motifs is 1. The van der Waals surface area contributed by atoms with Gasteiger partial charge in [0.25, 0.3) is 0 Å². The zero-order valence-electron chi connectivity index (χ0n) is 10.5. The SMILES string of the molecule is Cc1cc(C)c(C(Br)c2cc3ccc(F)cc3s2)s1. The fourth-order valence-electron chi connectivity index (χ4n) is 2.19. The lowest BCUT2D eigenvalue weighted by Gasteiger charge is -2.06. The number of benzene rings is 1. The first-order chi connectivity index (χ1) is 9.04. The predicted molar refractivity (Wildman–Crippen MR) is 86.3 cm³/mol. The summed E-state index contributed by atoms with van der Waals surface area (Å²) in [6.07, 6.45) is 0. The molecule has 1 aromatic carbocycles. The molecular formula is C15H12BrFS2. The zero-order chi connectivity index (χ0) is 13.6. The molecule has 0 aliphatic heterocycles. The number of hydrogen-bond acceptors (Lipinski definition) is 2. The molecular weight excluding hydrogens is 343 g/mol. The lowest BCUT2D eigenvalue weighted by Crippen LogP contribution is -1.87. The molecule has 0 aliphatic carbocycles. The molecule has 19 heavy (non-hydrogen) atoms. The van der Waals surface area contributed by atoms with Crippen LogP contribution in [0.2, 0.25) is 0 Å². The molecule has 4 heteroatoms. The average molecular weight is 355 g/mol. The molecule has 0 N–H and O–H groups in total. The maximum Gasteiger partial charge on any atom is 0.124 e. The molecule has 2 heterocycles. The Morgan fingerprint density at radius 3 is 2.58 bits per heavy atom. The summed E-state index contributed by atoms with van der Waals surface area (Å²) >= 11 is 7.25. The van der Waals surface area contributed by atoms with E-state index in [1.807, 2.05) is 17.4 Å². The van der Waals surface area contributed by atoms with Gasteiger partial charge in [0, 0.05) is 19.3 Å². The monoisotopic (exact) mass is 354 g/mol. The van der Waals surface area contributed by atoms with Gasteiger partial charge in [0.15, 0.2) is 0 Å². The van der Waals surface area contributed by atoms with E-state index in [4.69, 9.17) is 0 Å². The molecule has 0 aliphatic rings. The summed E-state index contributed by atoms with van der Waals surface area (Å²) in [7, 11) is 0. The first-order valence-electron chi connectivity index (χ1n) is 5.94. The second kappa shape index (κ2) is 5.00. The highest BCUT2D eigenvalue weighted by Gasteiger charge is 2.18. The van der Waals surface area contributed by atoms with E-state index in [1.54, 1.807) is 17.4 Å². The molecule has 0 fully saturated rings. The minimum atomic E-state index is -0.171. The Morgan fingerprint density at radius 2 is 1.89 bits per heavy atom. The van der Waals surface area contributed by atoms with Gasteiger partial charge in [-0.05, 0) is 49.1 Å². The van der Waals surface area contributed by atoms with Gasteiger partial charge in [-0.2, -0.15) is 0 Å². The van der Waals surface area contributed by atoms with Crippen molar-refractivity contribution in [2.45, 2.75) is 18.7 Å². The van der Waals surface area contributed by atoms with E-state index in [0.29, 0.717) is 0 Å². The van der Waals surface area contributed by atoms with Crippen molar-refractivity contribution in [1.82, 2.24) is 0 Å². The quantitative estimate of drug-likeness (QED) is 0.480. The van der Waals surface area contributed by atoms with Gasteiger partial charge >= 0.3 is 0 Å². The van der Waals surface area contributed by atoms with Gasteiger partial charge in [-0.15, -0.1) is 22.7 Å². The number of hydrogen-bond donors (Lipinski definition) is 0. The number of halogens is 2. The predicted octanol–water partition coefficient (Wildman–Crippen LogP) is 6.20. The van der Waals surface area contributed by atoms with Crippen LogP contribution in [0, 0.1) is 19.7 Å². The van der Waals surface area contributed by atoms with Gasteiger partial charge in [-0.25, -0.2) is 4.39 Å². The van der Waals surface area contributed by atoms with Crippen LogP contribution in [0.5, 0.6) is 0 Å². The Balaban J connectivity index is 2.06. The van der Waals surface area contributed by atoms with E-state index < -0.39 is 0 Å². The van der Waals surface area contributed by atoms with E-state index in [2.05, 4.69) is 41.9 Å². The summed E-state index contributed by atoms with van der Waals surface area (Å²) in [6.45, 7) is 4.27. The van der Waals surface area contributed by atoms with E-state index >= 15 is 0 Å². The fourth-order valence-corrected chi connectivity index (χ4v) is 5.43. The van der Waals surface area contributed by atoms with Crippen molar-refractivity contribution in [1.29, 1.82) is 0 Å². The summed E-state index contributed by atoms with van der Waals surface area (Å²) in [5.74, 6) is -0.171. The first kappa shape index (κ1) is 13.3. The van der Waals surface area contributed by atoms with Crippen LogP contribution in [0.25, 0.3) is 10.1 Å². The van der Waals surface area contributed by atoms with E-state index in [0.717, 1.165) is 10.1 Å². The largest absolute Gasteiger partial charge is 0.207 e. The van der Waals surface area contributed by atoms with Crippen molar-refractivity contribution in [2.24, 2.45) is 0 Å². The van der Waals surface area contributed by atoms with Gasteiger partial charge in [0.1, 0.15) is 5.82 Å². The van der Waals surface area contributed by atoms with Crippen LogP contribution in [0.1, 0.15) is 25.0 Å². The lowest BCUT2D eigenvalue weighted by atomic mass is 10.2. The van der Waals surface area contributed by atoms with Crippen molar-refractivity contribution in [3.63, 3.8) is 0 Å². The smallest absolute Gasteiger partial charge is 0.124 e. The fraction of sp³-hybridized carbons (Fsp3) is 0.200. The molecule has 0 saturated carbocycles. The maximum absolute atomic E-state index is 13.2. The first-order valence-corrected chi connectivity index (χ1v) is 8.49. The normalized spacial score (nSPS) is 13.1. The molecule has 3 aromatic rings. The van der Waals surface area contributed by atoms with Gasteiger partial charge < -0.3 is 0 Å². The summed E-state index contributed by atoms with van der Waals surface area (Å²) < 4.78 is 14.2. The summed E-state index contributed by atoms with van der Waals surface area (Å²) in [4.78, 5) is 4.09. The summed E-state index contributed by atoms with van der Waals surface area (Å²) in [5, 5.41) is 1.11. The second-order valence-corrected chi connectivity index (χ2v) is 7.92. The van der Waals surface area contributed by atoms with E-state index in [-0.39, 0.29) is 10.6 Å². The summed E-state index contributed by atoms with van der Waals surface area (Å²) in [6, 6.07) is 9.32. The molecule has 0 bridgehead atoms. The average Bonchev–Trinajstić information content (AvgIpc) is 2.91. The Morgan fingerprint density at radius 1 is 1.11 bits per heavy atom. The Bertz CT molecular complexity index is 742. The molecule has 2 aromatic heterocycles. The molecule has 0 saturated heterocycles. The Hall–Kier alpha value is -0.710. The van der Waals surface area contributed by atoms with E-state index in [9.17, 15) is 4.39 Å². The molecule has 1 unspecified atom stereocenters. The van der Waals surface area contributed by atoms with Crippen LogP contribution >= 0.6 is 38.6 Å². The number of thiophene rings is 2. The van der Waals surface area contributed by atoms with Crippen molar-refractivity contribution in [3.05, 3.63) is 56.3 Å². The minimum absolute atomic E-state index is 0.171. The maximum atomic E-state index is 13.2. The number of aryl methyl sites for hydroxylation is 2. The Kier molecular flexibility index (Phi) is 3.50. The van der Waals surface area contributed by atoms with Crippen molar-refractivity contribution in [2.75, 3.05) is 0 Å². The Labute approximate surface area is 128 Å². The zero-order valence-corrected chi connectivity index (χ0v) is 13.8. The van der Waals surface area contributed by atoms with Crippen LogP contribution in [0.3, 0.4) is 0 Å². The molecule has 0 nitrogen and oxygen atoms in total. The molecule has 0 radical (unpaired) electrons. The molecule has 1 atom stereocenters. The molecule has 0 amide bonds. The third kappa shape index (κ3) is 2.49. The molecule has 3 rings (SSSR count). The van der Waals surface area contributed by atoms with Crippen LogP contribution in [0.15, 0.2) is 30.3 Å². The molecule has 0 spiro atoms. The minimum Gasteiger partial charge on any atom is -0.207 e. The standard InChI is InChI=1S/C15H12BrFS2/c1-8-5-9(2)18-15(8)14(16)13-6-10-3-4-11(17)7-12(10)19-13/h3-7,14H,1-2H3. The van der Waals surface area contributed by atoms with Crippen molar-refractivity contribution < 1.29 is 4.39 Å².